The van der Waals surface area contributed by atoms with E-state index in [-0.39, 0.29) is 13.1 Å². The Balaban J connectivity index is 2.63. The molecule has 18 heavy (non-hydrogen) atoms. The molecule has 0 spiro atoms. The van der Waals surface area contributed by atoms with Crippen molar-refractivity contribution in [1.29, 1.82) is 5.41 Å². The highest BCUT2D eigenvalue weighted by Gasteiger charge is 2.42. The molecule has 0 fully saturated rings. The zero-order valence-electron chi connectivity index (χ0n) is 9.91. The predicted molar refractivity (Wildman–Crippen MR) is 62.0 cm³/mol. The summed E-state index contributed by atoms with van der Waals surface area (Å²) in [5, 5.41) is 7.00. The molecule has 1 aromatic heterocycles. The largest absolute Gasteiger partial charge is 0.399 e. The fourth-order valence-corrected chi connectivity index (χ4v) is 1.52. The molecule has 1 unspecified atom stereocenters. The Morgan fingerprint density at radius 1 is 1.50 bits per heavy atom. The number of rotatable bonds is 5. The van der Waals surface area contributed by atoms with Gasteiger partial charge in [0.1, 0.15) is 11.8 Å². The van der Waals surface area contributed by atoms with Crippen LogP contribution < -0.4 is 5.73 Å². The van der Waals surface area contributed by atoms with E-state index in [9.17, 15) is 13.2 Å². The van der Waals surface area contributed by atoms with E-state index in [4.69, 9.17) is 11.1 Å². The van der Waals surface area contributed by atoms with Crippen LogP contribution in [0.15, 0.2) is 24.4 Å². The number of hydrogen-bond donors (Lipinski definition) is 2. The van der Waals surface area contributed by atoms with E-state index in [1.54, 1.807) is 24.4 Å². The van der Waals surface area contributed by atoms with Gasteiger partial charge >= 0.3 is 6.18 Å². The van der Waals surface area contributed by atoms with E-state index in [0.717, 1.165) is 0 Å². The van der Waals surface area contributed by atoms with Gasteiger partial charge in [-0.25, -0.2) is 0 Å². The molecule has 1 heterocycles. The van der Waals surface area contributed by atoms with Gasteiger partial charge in [0.25, 0.3) is 0 Å². The lowest BCUT2D eigenvalue weighted by molar-refractivity contribution is -0.159. The number of nitrogens with two attached hydrogens (primary N) is 1. The molecule has 0 aliphatic rings. The lowest BCUT2D eigenvalue weighted by Gasteiger charge is -2.24. The van der Waals surface area contributed by atoms with E-state index in [1.165, 1.54) is 11.9 Å². The Bertz CT molecular complexity index is 391. The first-order valence-electron chi connectivity index (χ1n) is 5.29. The Hall–Kier alpha value is -1.63. The lowest BCUT2D eigenvalue weighted by Crippen LogP contribution is -2.42. The summed E-state index contributed by atoms with van der Waals surface area (Å²) in [5.74, 6) is -2.80. The number of nitrogens with one attached hydrogen (secondary N) is 1. The second kappa shape index (κ2) is 5.81. The van der Waals surface area contributed by atoms with Crippen LogP contribution in [0.4, 0.5) is 13.2 Å². The molecule has 0 saturated heterocycles. The van der Waals surface area contributed by atoms with Crippen LogP contribution in [0, 0.1) is 11.3 Å². The van der Waals surface area contributed by atoms with Crippen LogP contribution >= 0.6 is 0 Å². The van der Waals surface area contributed by atoms with Crippen molar-refractivity contribution in [1.82, 2.24) is 9.88 Å². The van der Waals surface area contributed by atoms with Crippen LogP contribution in [0.25, 0.3) is 0 Å². The third kappa shape index (κ3) is 4.33. The fourth-order valence-electron chi connectivity index (χ4n) is 1.52. The molecule has 1 atom stereocenters. The number of alkyl halides is 3. The first-order chi connectivity index (χ1) is 8.30. The lowest BCUT2D eigenvalue weighted by atomic mass is 10.1. The van der Waals surface area contributed by atoms with Crippen molar-refractivity contribution in [2.24, 2.45) is 11.7 Å². The monoisotopic (exact) mass is 260 g/mol. The number of pyridine rings is 1. The van der Waals surface area contributed by atoms with Gasteiger partial charge in [-0.15, -0.1) is 0 Å². The van der Waals surface area contributed by atoms with Gasteiger partial charge in [-0.1, -0.05) is 6.07 Å². The van der Waals surface area contributed by atoms with Crippen molar-refractivity contribution in [3.63, 3.8) is 0 Å². The molecule has 3 N–H and O–H groups in total. The highest BCUT2D eigenvalue weighted by Crippen LogP contribution is 2.26. The van der Waals surface area contributed by atoms with Crippen LogP contribution in [0.5, 0.6) is 0 Å². The number of nitrogens with zero attached hydrogens (tertiary/aromatic N) is 2. The predicted octanol–water partition coefficient (Wildman–Crippen LogP) is 1.63. The third-order valence-electron chi connectivity index (χ3n) is 2.42. The summed E-state index contributed by atoms with van der Waals surface area (Å²) in [7, 11) is 1.54. The van der Waals surface area contributed by atoms with Crippen molar-refractivity contribution < 1.29 is 13.2 Å². The molecule has 0 amide bonds. The molecular weight excluding hydrogens is 245 g/mol. The van der Waals surface area contributed by atoms with Crippen LogP contribution in [0.1, 0.15) is 5.69 Å². The minimum Gasteiger partial charge on any atom is -0.387 e. The standard InChI is InChI=1S/C11H15F3N4/c1-18(6-8-4-2-3-5-17-8)7-9(10(15)16)11(12,13)14/h2-5,9H,6-7H2,1H3,(H3,15,16). The summed E-state index contributed by atoms with van der Waals surface area (Å²) in [5.41, 5.74) is 5.66. The zero-order chi connectivity index (χ0) is 13.8. The van der Waals surface area contributed by atoms with Gasteiger partial charge < -0.3 is 5.73 Å². The first kappa shape index (κ1) is 14.4. The van der Waals surface area contributed by atoms with E-state index in [0.29, 0.717) is 5.69 Å². The van der Waals surface area contributed by atoms with E-state index in [1.807, 2.05) is 0 Å². The summed E-state index contributed by atoms with van der Waals surface area (Å²) < 4.78 is 37.8. The van der Waals surface area contributed by atoms with E-state index < -0.39 is 17.9 Å². The third-order valence-corrected chi connectivity index (χ3v) is 2.42. The summed E-state index contributed by atoms with van der Waals surface area (Å²) in [6.45, 7) is -0.0733. The van der Waals surface area contributed by atoms with Crippen LogP contribution in [0.3, 0.4) is 0 Å². The van der Waals surface area contributed by atoms with Crippen LogP contribution in [-0.4, -0.2) is 35.5 Å². The number of amidine groups is 1. The normalized spacial score (nSPS) is 13.6. The minimum absolute atomic E-state index is 0.278. The highest BCUT2D eigenvalue weighted by molar-refractivity contribution is 5.80. The highest BCUT2D eigenvalue weighted by atomic mass is 19.4. The molecule has 100 valence electrons. The topological polar surface area (TPSA) is 66.0 Å². The van der Waals surface area contributed by atoms with Crippen molar-refractivity contribution in [2.75, 3.05) is 13.6 Å². The Morgan fingerprint density at radius 3 is 2.61 bits per heavy atom. The molecular formula is C11H15F3N4. The van der Waals surface area contributed by atoms with Gasteiger partial charge in [0.15, 0.2) is 0 Å². The summed E-state index contributed by atoms with van der Waals surface area (Å²) in [4.78, 5) is 5.47. The average molecular weight is 260 g/mol. The number of aromatic nitrogens is 1. The summed E-state index contributed by atoms with van der Waals surface area (Å²) in [6.07, 6.45) is -2.92. The van der Waals surface area contributed by atoms with Gasteiger partial charge in [-0.2, -0.15) is 13.2 Å². The van der Waals surface area contributed by atoms with Gasteiger partial charge in [-0.3, -0.25) is 15.3 Å². The molecule has 1 rings (SSSR count). The Morgan fingerprint density at radius 2 is 2.17 bits per heavy atom. The maximum atomic E-state index is 12.6. The summed E-state index contributed by atoms with van der Waals surface area (Å²) >= 11 is 0. The first-order valence-corrected chi connectivity index (χ1v) is 5.29. The smallest absolute Gasteiger partial charge is 0.387 e. The molecule has 0 aromatic carbocycles. The Labute approximate surface area is 103 Å². The van der Waals surface area contributed by atoms with E-state index in [2.05, 4.69) is 4.98 Å². The molecule has 1 aromatic rings. The van der Waals surface area contributed by atoms with Gasteiger partial charge in [0.05, 0.1) is 5.69 Å². The molecule has 0 radical (unpaired) electrons. The van der Waals surface area contributed by atoms with Crippen molar-refractivity contribution in [3.8, 4) is 0 Å². The molecule has 0 aliphatic heterocycles. The van der Waals surface area contributed by atoms with E-state index >= 15 is 0 Å². The summed E-state index contributed by atoms with van der Waals surface area (Å²) in [6, 6.07) is 5.23. The maximum Gasteiger partial charge on any atom is 0.399 e. The molecule has 0 saturated carbocycles. The second-order valence-electron chi connectivity index (χ2n) is 4.07. The van der Waals surface area contributed by atoms with Gasteiger partial charge in [0.2, 0.25) is 0 Å². The number of hydrogen-bond acceptors (Lipinski definition) is 3. The molecule has 0 aliphatic carbocycles. The van der Waals surface area contributed by atoms with Crippen molar-refractivity contribution in [2.45, 2.75) is 12.7 Å². The van der Waals surface area contributed by atoms with Crippen LogP contribution in [-0.2, 0) is 6.54 Å². The van der Waals surface area contributed by atoms with Crippen LogP contribution in [0.2, 0.25) is 0 Å². The van der Waals surface area contributed by atoms with Gasteiger partial charge in [-0.05, 0) is 19.2 Å². The molecule has 4 nitrogen and oxygen atoms in total. The average Bonchev–Trinajstić information content (AvgIpc) is 2.25. The fraction of sp³-hybridized carbons (Fsp3) is 0.455. The van der Waals surface area contributed by atoms with Gasteiger partial charge in [0, 0.05) is 19.3 Å². The maximum absolute atomic E-state index is 12.6. The van der Waals surface area contributed by atoms with Crippen molar-refractivity contribution in [3.05, 3.63) is 30.1 Å². The second-order valence-corrected chi connectivity index (χ2v) is 4.07. The quantitative estimate of drug-likeness (QED) is 0.624. The Kier molecular flexibility index (Phi) is 4.66. The SMILES string of the molecule is CN(Cc1ccccn1)CC(C(=N)N)C(F)(F)F. The zero-order valence-corrected chi connectivity index (χ0v) is 9.91. The minimum atomic E-state index is -4.50. The molecule has 0 bridgehead atoms. The molecule has 7 heteroatoms. The number of halogens is 3. The van der Waals surface area contributed by atoms with Crippen molar-refractivity contribution >= 4 is 5.84 Å².